The van der Waals surface area contributed by atoms with Crippen molar-refractivity contribution in [2.45, 2.75) is 33.1 Å². The molecule has 1 rings (SSSR count). The largest absolute Gasteiger partial charge is 0.204 e. The zero-order valence-electron chi connectivity index (χ0n) is 9.69. The second kappa shape index (κ2) is 5.76. The second-order valence-corrected chi connectivity index (χ2v) is 5.18. The first kappa shape index (κ1) is 13.6. The first-order valence-corrected chi connectivity index (χ1v) is 6.63. The molecule has 1 aromatic carbocycles. The van der Waals surface area contributed by atoms with Gasteiger partial charge in [0, 0.05) is 5.33 Å². The Balaban J connectivity index is 2.81. The van der Waals surface area contributed by atoms with Crippen molar-refractivity contribution in [1.82, 2.24) is 0 Å². The van der Waals surface area contributed by atoms with E-state index in [2.05, 4.69) is 29.8 Å². The lowest BCUT2D eigenvalue weighted by Crippen LogP contribution is -2.21. The van der Waals surface area contributed by atoms with Crippen molar-refractivity contribution in [2.75, 3.05) is 5.33 Å². The summed E-state index contributed by atoms with van der Waals surface area (Å²) in [5, 5.41) is 0.868. The van der Waals surface area contributed by atoms with E-state index in [0.29, 0.717) is 0 Å². The molecule has 0 N–H and O–H groups in total. The lowest BCUT2D eigenvalue weighted by Gasteiger charge is -2.27. The Kier molecular flexibility index (Phi) is 4.90. The summed E-state index contributed by atoms with van der Waals surface area (Å²) in [6, 6.07) is 4.16. The molecule has 0 saturated heterocycles. The van der Waals surface area contributed by atoms with E-state index in [1.807, 2.05) is 0 Å². The number of rotatable bonds is 5. The van der Waals surface area contributed by atoms with Gasteiger partial charge >= 0.3 is 0 Å². The van der Waals surface area contributed by atoms with Crippen molar-refractivity contribution in [2.24, 2.45) is 5.41 Å². The first-order valence-electron chi connectivity index (χ1n) is 5.50. The minimum atomic E-state index is -0.778. The van der Waals surface area contributed by atoms with Gasteiger partial charge in [-0.15, -0.1) is 0 Å². The average molecular weight is 291 g/mol. The molecule has 0 fully saturated rings. The van der Waals surface area contributed by atoms with Gasteiger partial charge < -0.3 is 0 Å². The van der Waals surface area contributed by atoms with Gasteiger partial charge in [-0.3, -0.25) is 0 Å². The van der Waals surface area contributed by atoms with Gasteiger partial charge in [-0.1, -0.05) is 42.3 Å². The van der Waals surface area contributed by atoms with E-state index in [1.165, 1.54) is 12.1 Å². The highest BCUT2D eigenvalue weighted by Crippen LogP contribution is 2.30. The maximum Gasteiger partial charge on any atom is 0.159 e. The molecule has 0 aromatic heterocycles. The molecule has 90 valence electrons. The van der Waals surface area contributed by atoms with Gasteiger partial charge in [0.05, 0.1) is 0 Å². The Labute approximate surface area is 104 Å². The van der Waals surface area contributed by atoms with Gasteiger partial charge in [-0.2, -0.15) is 0 Å². The number of benzene rings is 1. The van der Waals surface area contributed by atoms with Crippen LogP contribution < -0.4 is 0 Å². The molecule has 1 aromatic rings. The fourth-order valence-corrected chi connectivity index (χ4v) is 2.43. The quantitative estimate of drug-likeness (QED) is 0.689. The van der Waals surface area contributed by atoms with Gasteiger partial charge in [0.2, 0.25) is 0 Å². The topological polar surface area (TPSA) is 0 Å². The lowest BCUT2D eigenvalue weighted by atomic mass is 9.82. The van der Waals surface area contributed by atoms with E-state index >= 15 is 0 Å². The van der Waals surface area contributed by atoms with Crippen LogP contribution in [0.2, 0.25) is 0 Å². The summed E-state index contributed by atoms with van der Waals surface area (Å²) < 4.78 is 25.8. The third kappa shape index (κ3) is 3.55. The molecule has 1 atom stereocenters. The fraction of sp³-hybridized carbons (Fsp3) is 0.538. The molecule has 0 aliphatic carbocycles. The smallest absolute Gasteiger partial charge is 0.159 e. The van der Waals surface area contributed by atoms with Crippen LogP contribution in [0.25, 0.3) is 0 Å². The minimum absolute atomic E-state index is 0.110. The maximum atomic E-state index is 13.1. The predicted molar refractivity (Wildman–Crippen MR) is 66.9 cm³/mol. The fourth-order valence-electron chi connectivity index (χ4n) is 1.95. The van der Waals surface area contributed by atoms with Crippen LogP contribution in [0, 0.1) is 17.0 Å². The molecule has 0 aliphatic heterocycles. The first-order chi connectivity index (χ1) is 7.50. The van der Waals surface area contributed by atoms with Crippen LogP contribution in [-0.4, -0.2) is 5.33 Å². The molecule has 16 heavy (non-hydrogen) atoms. The highest BCUT2D eigenvalue weighted by Gasteiger charge is 2.22. The van der Waals surface area contributed by atoms with Gasteiger partial charge in [0.15, 0.2) is 11.6 Å². The van der Waals surface area contributed by atoms with Crippen LogP contribution in [0.4, 0.5) is 8.78 Å². The third-order valence-corrected chi connectivity index (χ3v) is 4.14. The molecular weight excluding hydrogens is 274 g/mol. The summed E-state index contributed by atoms with van der Waals surface area (Å²) in [6.45, 7) is 4.29. The molecule has 0 aliphatic rings. The molecule has 0 amide bonds. The maximum absolute atomic E-state index is 13.1. The monoisotopic (exact) mass is 290 g/mol. The number of halogens is 3. The number of hydrogen-bond donors (Lipinski definition) is 0. The summed E-state index contributed by atoms with van der Waals surface area (Å²) in [4.78, 5) is 0. The Hall–Kier alpha value is -0.440. The second-order valence-electron chi connectivity index (χ2n) is 4.62. The van der Waals surface area contributed by atoms with Gasteiger partial charge in [-0.05, 0) is 36.0 Å². The van der Waals surface area contributed by atoms with Crippen molar-refractivity contribution in [3.63, 3.8) is 0 Å². The molecule has 0 heterocycles. The van der Waals surface area contributed by atoms with Gasteiger partial charge in [0.25, 0.3) is 0 Å². The van der Waals surface area contributed by atoms with Crippen molar-refractivity contribution < 1.29 is 8.78 Å². The lowest BCUT2D eigenvalue weighted by molar-refractivity contribution is 0.339. The summed E-state index contributed by atoms with van der Waals surface area (Å²) in [6.07, 6.45) is 2.92. The Morgan fingerprint density at radius 2 is 1.94 bits per heavy atom. The van der Waals surface area contributed by atoms with E-state index in [4.69, 9.17) is 0 Å². The van der Waals surface area contributed by atoms with Crippen LogP contribution in [-0.2, 0) is 6.42 Å². The van der Waals surface area contributed by atoms with Crippen LogP contribution in [0.1, 0.15) is 32.3 Å². The SMILES string of the molecule is CCCC(C)(CBr)Cc1ccc(F)c(F)c1. The summed E-state index contributed by atoms with van der Waals surface area (Å²) in [5.41, 5.74) is 0.966. The van der Waals surface area contributed by atoms with Crippen molar-refractivity contribution >= 4 is 15.9 Å². The summed E-state index contributed by atoms with van der Waals surface area (Å²) in [5.74, 6) is -1.54. The molecule has 0 radical (unpaired) electrons. The van der Waals surface area contributed by atoms with Crippen LogP contribution in [0.3, 0.4) is 0 Å². The molecule has 3 heteroatoms. The van der Waals surface area contributed by atoms with Crippen LogP contribution in [0.5, 0.6) is 0 Å². The number of hydrogen-bond acceptors (Lipinski definition) is 0. The number of alkyl halides is 1. The molecule has 0 saturated carbocycles. The molecule has 0 spiro atoms. The normalized spacial score (nSPS) is 14.8. The van der Waals surface area contributed by atoms with E-state index < -0.39 is 11.6 Å². The standard InChI is InChI=1S/C13H17BrF2/c1-3-6-13(2,9-14)8-10-4-5-11(15)12(16)7-10/h4-5,7H,3,6,8-9H2,1-2H3. The zero-order valence-corrected chi connectivity index (χ0v) is 11.3. The highest BCUT2D eigenvalue weighted by atomic mass is 79.9. The van der Waals surface area contributed by atoms with Gasteiger partial charge in [-0.25, -0.2) is 8.78 Å². The van der Waals surface area contributed by atoms with E-state index in [-0.39, 0.29) is 5.41 Å². The van der Waals surface area contributed by atoms with E-state index in [9.17, 15) is 8.78 Å². The third-order valence-electron chi connectivity index (χ3n) is 2.79. The van der Waals surface area contributed by atoms with Crippen LogP contribution >= 0.6 is 15.9 Å². The minimum Gasteiger partial charge on any atom is -0.204 e. The van der Waals surface area contributed by atoms with E-state index in [0.717, 1.165) is 30.2 Å². The molecule has 0 nitrogen and oxygen atoms in total. The van der Waals surface area contributed by atoms with Crippen molar-refractivity contribution in [1.29, 1.82) is 0 Å². The average Bonchev–Trinajstić information content (AvgIpc) is 2.24. The summed E-state index contributed by atoms with van der Waals surface area (Å²) in [7, 11) is 0. The van der Waals surface area contributed by atoms with Gasteiger partial charge in [0.1, 0.15) is 0 Å². The van der Waals surface area contributed by atoms with Crippen LogP contribution in [0.15, 0.2) is 18.2 Å². The van der Waals surface area contributed by atoms with E-state index in [1.54, 1.807) is 6.07 Å². The molecule has 1 unspecified atom stereocenters. The highest BCUT2D eigenvalue weighted by molar-refractivity contribution is 9.09. The Morgan fingerprint density at radius 1 is 1.25 bits per heavy atom. The summed E-state index contributed by atoms with van der Waals surface area (Å²) >= 11 is 3.50. The molecular formula is C13H17BrF2. The van der Waals surface area contributed by atoms with Crippen molar-refractivity contribution in [3.8, 4) is 0 Å². The van der Waals surface area contributed by atoms with Crippen molar-refractivity contribution in [3.05, 3.63) is 35.4 Å². The predicted octanol–water partition coefficient (Wildman–Crippen LogP) is 4.71. The Bertz CT molecular complexity index is 352. The molecule has 0 bridgehead atoms. The Morgan fingerprint density at radius 3 is 2.44 bits per heavy atom. The zero-order chi connectivity index (χ0) is 12.2.